The van der Waals surface area contributed by atoms with Gasteiger partial charge in [-0.2, -0.15) is 0 Å². The summed E-state index contributed by atoms with van der Waals surface area (Å²) in [6.07, 6.45) is 0. The number of esters is 1. The lowest BCUT2D eigenvalue weighted by molar-refractivity contribution is -0.148. The van der Waals surface area contributed by atoms with Gasteiger partial charge in [0.2, 0.25) is 0 Å². The van der Waals surface area contributed by atoms with E-state index in [0.29, 0.717) is 13.2 Å². The molecular weight excluding hydrogens is 200 g/mol. The first-order valence-corrected chi connectivity index (χ1v) is 5.32. The summed E-state index contributed by atoms with van der Waals surface area (Å²) in [5.74, 6) is -0.305. The first-order valence-electron chi connectivity index (χ1n) is 4.51. The number of carbonyl (C=O) groups excluding carboxylic acids is 1. The van der Waals surface area contributed by atoms with Gasteiger partial charge in [-0.25, -0.2) is 4.79 Å². The maximum atomic E-state index is 10.9. The maximum absolute atomic E-state index is 10.9. The van der Waals surface area contributed by atoms with Crippen molar-refractivity contribution in [1.82, 2.24) is 0 Å². The highest BCUT2D eigenvalue weighted by atomic mass is 32.1. The molecular formula is C10H14O3S. The van der Waals surface area contributed by atoms with E-state index < -0.39 is 0 Å². The van der Waals surface area contributed by atoms with Crippen LogP contribution in [0.3, 0.4) is 0 Å². The minimum absolute atomic E-state index is 0.0325. The third kappa shape index (κ3) is 3.89. The van der Waals surface area contributed by atoms with Gasteiger partial charge < -0.3 is 9.47 Å². The molecule has 0 atom stereocenters. The fraction of sp³-hybridized carbons (Fsp3) is 0.500. The van der Waals surface area contributed by atoms with Crippen LogP contribution in [0.2, 0.25) is 0 Å². The van der Waals surface area contributed by atoms with Crippen LogP contribution in [0.4, 0.5) is 0 Å². The Morgan fingerprint density at radius 2 is 2.29 bits per heavy atom. The minimum atomic E-state index is -0.305. The van der Waals surface area contributed by atoms with E-state index >= 15 is 0 Å². The summed E-state index contributed by atoms with van der Waals surface area (Å²) >= 11 is 1.68. The molecule has 1 heterocycles. The van der Waals surface area contributed by atoms with Crippen molar-refractivity contribution in [2.24, 2.45) is 0 Å². The van der Waals surface area contributed by atoms with Gasteiger partial charge in [-0.1, -0.05) is 0 Å². The molecule has 14 heavy (non-hydrogen) atoms. The molecule has 0 unspecified atom stereocenters. The molecule has 0 aliphatic heterocycles. The van der Waals surface area contributed by atoms with Crippen LogP contribution in [-0.4, -0.2) is 19.2 Å². The summed E-state index contributed by atoms with van der Waals surface area (Å²) in [6.45, 7) is 4.74. The number of carbonyl (C=O) groups is 1. The van der Waals surface area contributed by atoms with Gasteiger partial charge in [0.25, 0.3) is 0 Å². The van der Waals surface area contributed by atoms with Crippen molar-refractivity contribution < 1.29 is 14.3 Å². The normalized spacial score (nSPS) is 10.1. The molecule has 0 spiro atoms. The molecule has 0 amide bonds. The van der Waals surface area contributed by atoms with Gasteiger partial charge in [0.05, 0.1) is 13.2 Å². The molecule has 0 aliphatic rings. The molecule has 0 aromatic carbocycles. The third-order valence-electron chi connectivity index (χ3n) is 1.57. The minimum Gasteiger partial charge on any atom is -0.464 e. The number of aryl methyl sites for hydroxylation is 1. The predicted octanol–water partition coefficient (Wildman–Crippen LogP) is 2.14. The zero-order valence-corrected chi connectivity index (χ0v) is 9.23. The molecule has 0 bridgehead atoms. The lowest BCUT2D eigenvalue weighted by Gasteiger charge is -2.01. The van der Waals surface area contributed by atoms with Crippen LogP contribution in [-0.2, 0) is 20.9 Å². The Morgan fingerprint density at radius 1 is 1.50 bits per heavy atom. The number of rotatable bonds is 5. The smallest absolute Gasteiger partial charge is 0.332 e. The van der Waals surface area contributed by atoms with Crippen LogP contribution >= 0.6 is 11.3 Å². The molecule has 1 rings (SSSR count). The summed E-state index contributed by atoms with van der Waals surface area (Å²) in [5.41, 5.74) is 0. The monoisotopic (exact) mass is 214 g/mol. The Hall–Kier alpha value is -0.870. The van der Waals surface area contributed by atoms with E-state index in [1.54, 1.807) is 18.3 Å². The largest absolute Gasteiger partial charge is 0.464 e. The molecule has 1 aromatic rings. The van der Waals surface area contributed by atoms with Gasteiger partial charge in [-0.3, -0.25) is 0 Å². The fourth-order valence-corrected chi connectivity index (χ4v) is 1.83. The molecule has 0 saturated carbocycles. The highest BCUT2D eigenvalue weighted by Gasteiger charge is 2.02. The van der Waals surface area contributed by atoms with Crippen molar-refractivity contribution in [3.8, 4) is 0 Å². The quantitative estimate of drug-likeness (QED) is 0.704. The highest BCUT2D eigenvalue weighted by Crippen LogP contribution is 2.15. The van der Waals surface area contributed by atoms with Crippen molar-refractivity contribution in [2.45, 2.75) is 20.5 Å². The third-order valence-corrected chi connectivity index (χ3v) is 2.54. The molecule has 0 aliphatic carbocycles. The van der Waals surface area contributed by atoms with Crippen LogP contribution in [0.15, 0.2) is 12.1 Å². The Bertz CT molecular complexity index is 293. The topological polar surface area (TPSA) is 35.5 Å². The van der Waals surface area contributed by atoms with E-state index in [1.807, 2.05) is 19.1 Å². The van der Waals surface area contributed by atoms with E-state index in [-0.39, 0.29) is 12.6 Å². The van der Waals surface area contributed by atoms with E-state index in [0.717, 1.165) is 4.88 Å². The average molecular weight is 214 g/mol. The predicted molar refractivity (Wildman–Crippen MR) is 55.3 cm³/mol. The number of thiophene rings is 1. The van der Waals surface area contributed by atoms with Crippen molar-refractivity contribution >= 4 is 17.3 Å². The SMILES string of the molecule is CCOC(=O)COCc1ccc(C)s1. The molecule has 0 fully saturated rings. The van der Waals surface area contributed by atoms with Crippen molar-refractivity contribution in [3.63, 3.8) is 0 Å². The zero-order valence-electron chi connectivity index (χ0n) is 8.41. The summed E-state index contributed by atoms with van der Waals surface area (Å²) in [4.78, 5) is 13.3. The van der Waals surface area contributed by atoms with Gasteiger partial charge in [-0.05, 0) is 26.0 Å². The van der Waals surface area contributed by atoms with Crippen LogP contribution in [0.1, 0.15) is 16.7 Å². The number of hydrogen-bond donors (Lipinski definition) is 0. The molecule has 4 heteroatoms. The Labute approximate surface area is 87.7 Å². The van der Waals surface area contributed by atoms with Crippen LogP contribution in [0.25, 0.3) is 0 Å². The molecule has 0 N–H and O–H groups in total. The van der Waals surface area contributed by atoms with Crippen molar-refractivity contribution in [3.05, 3.63) is 21.9 Å². The van der Waals surface area contributed by atoms with Crippen LogP contribution in [0, 0.1) is 6.92 Å². The van der Waals surface area contributed by atoms with Gasteiger partial charge in [0.15, 0.2) is 0 Å². The van der Waals surface area contributed by atoms with E-state index in [1.165, 1.54) is 4.88 Å². The summed E-state index contributed by atoms with van der Waals surface area (Å²) in [5, 5.41) is 0. The van der Waals surface area contributed by atoms with E-state index in [4.69, 9.17) is 9.47 Å². The van der Waals surface area contributed by atoms with Crippen LogP contribution in [0.5, 0.6) is 0 Å². The van der Waals surface area contributed by atoms with Crippen molar-refractivity contribution in [1.29, 1.82) is 0 Å². The Kier molecular flexibility index (Phi) is 4.62. The fourth-order valence-electron chi connectivity index (χ4n) is 1.00. The summed E-state index contributed by atoms with van der Waals surface area (Å²) in [6, 6.07) is 4.04. The van der Waals surface area contributed by atoms with Crippen LogP contribution < -0.4 is 0 Å². The lowest BCUT2D eigenvalue weighted by atomic mass is 10.4. The number of hydrogen-bond acceptors (Lipinski definition) is 4. The van der Waals surface area contributed by atoms with Gasteiger partial charge in [0, 0.05) is 9.75 Å². The average Bonchev–Trinajstić information content (AvgIpc) is 2.52. The zero-order chi connectivity index (χ0) is 10.4. The highest BCUT2D eigenvalue weighted by molar-refractivity contribution is 7.11. The van der Waals surface area contributed by atoms with Crippen molar-refractivity contribution in [2.75, 3.05) is 13.2 Å². The second-order valence-electron chi connectivity index (χ2n) is 2.81. The van der Waals surface area contributed by atoms with E-state index in [2.05, 4.69) is 0 Å². The summed E-state index contributed by atoms with van der Waals surface area (Å²) in [7, 11) is 0. The van der Waals surface area contributed by atoms with E-state index in [9.17, 15) is 4.79 Å². The Morgan fingerprint density at radius 3 is 2.86 bits per heavy atom. The number of ether oxygens (including phenoxy) is 2. The Balaban J connectivity index is 2.18. The first kappa shape index (κ1) is 11.2. The maximum Gasteiger partial charge on any atom is 0.332 e. The second-order valence-corrected chi connectivity index (χ2v) is 4.18. The van der Waals surface area contributed by atoms with Gasteiger partial charge in [0.1, 0.15) is 6.61 Å². The first-order chi connectivity index (χ1) is 6.72. The lowest BCUT2D eigenvalue weighted by Crippen LogP contribution is -2.11. The molecule has 0 radical (unpaired) electrons. The molecule has 0 saturated heterocycles. The molecule has 3 nitrogen and oxygen atoms in total. The standard InChI is InChI=1S/C10H14O3S/c1-3-13-10(11)7-12-6-9-5-4-8(2)14-9/h4-5H,3,6-7H2,1-2H3. The molecule has 1 aromatic heterocycles. The summed E-state index contributed by atoms with van der Waals surface area (Å²) < 4.78 is 9.91. The molecule has 78 valence electrons. The van der Waals surface area contributed by atoms with Gasteiger partial charge >= 0.3 is 5.97 Å². The van der Waals surface area contributed by atoms with Gasteiger partial charge in [-0.15, -0.1) is 11.3 Å². The second kappa shape index (κ2) is 5.78.